The highest BCUT2D eigenvalue weighted by molar-refractivity contribution is 5.84. The molecule has 0 aliphatic carbocycles. The van der Waals surface area contributed by atoms with E-state index in [0.717, 1.165) is 23.6 Å². The number of hydrogen-bond donors (Lipinski definition) is 1. The first-order chi connectivity index (χ1) is 12.4. The maximum atomic E-state index is 12.0. The van der Waals surface area contributed by atoms with Crippen LogP contribution in [0.2, 0.25) is 0 Å². The third-order valence-electron chi connectivity index (χ3n) is 4.37. The molecule has 26 heavy (non-hydrogen) atoms. The Morgan fingerprint density at radius 1 is 1.23 bits per heavy atom. The van der Waals surface area contributed by atoms with Gasteiger partial charge < -0.3 is 10.1 Å². The summed E-state index contributed by atoms with van der Waals surface area (Å²) >= 11 is 0. The fourth-order valence-electron chi connectivity index (χ4n) is 3.18. The Balaban J connectivity index is 1.79. The van der Waals surface area contributed by atoms with Gasteiger partial charge in [0.1, 0.15) is 5.75 Å². The maximum absolute atomic E-state index is 12.0. The molecular weight excluding hydrogens is 328 g/mol. The van der Waals surface area contributed by atoms with Crippen LogP contribution in [0.5, 0.6) is 5.75 Å². The monoisotopic (exact) mass is 354 g/mol. The van der Waals surface area contributed by atoms with E-state index >= 15 is 0 Å². The molecule has 0 heterocycles. The van der Waals surface area contributed by atoms with E-state index in [0.29, 0.717) is 24.8 Å². The molecule has 0 bridgehead atoms. The fourth-order valence-corrected chi connectivity index (χ4v) is 3.18. The number of nitrogens with one attached hydrogen (secondary N) is 1. The number of amides is 1. The van der Waals surface area contributed by atoms with Crippen molar-refractivity contribution in [3.05, 3.63) is 42.5 Å². The zero-order valence-electron chi connectivity index (χ0n) is 15.6. The second-order valence-electron chi connectivity index (χ2n) is 7.48. The van der Waals surface area contributed by atoms with E-state index in [1.165, 1.54) is 0 Å². The van der Waals surface area contributed by atoms with Gasteiger partial charge in [-0.25, -0.2) is 14.6 Å². The van der Waals surface area contributed by atoms with Crippen molar-refractivity contribution in [1.29, 1.82) is 0 Å². The van der Waals surface area contributed by atoms with Crippen LogP contribution in [0.4, 0.5) is 4.79 Å². The molecule has 2 rings (SSSR count). The Bertz CT molecular complexity index is 795. The van der Waals surface area contributed by atoms with Gasteiger partial charge in [-0.15, -0.1) is 0 Å². The van der Waals surface area contributed by atoms with Gasteiger partial charge >= 0.3 is 6.09 Å². The molecule has 0 spiro atoms. The van der Waals surface area contributed by atoms with E-state index in [4.69, 9.17) is 4.74 Å². The first-order valence-corrected chi connectivity index (χ1v) is 8.88. The van der Waals surface area contributed by atoms with E-state index in [1.54, 1.807) is 12.1 Å². The summed E-state index contributed by atoms with van der Waals surface area (Å²) in [6.45, 7) is 7.37. The van der Waals surface area contributed by atoms with E-state index in [1.807, 2.05) is 36.4 Å². The van der Waals surface area contributed by atoms with Gasteiger partial charge in [-0.05, 0) is 47.1 Å². The molecule has 138 valence electrons. The summed E-state index contributed by atoms with van der Waals surface area (Å²) < 4.78 is 5.36. The van der Waals surface area contributed by atoms with E-state index < -0.39 is 6.09 Å². The number of isocyanates is 1. The SMILES string of the molecule is CC(CN=C=O)CC(C)(C)CCNC(=O)Oc1ccc2ccccc2c1. The number of fused-ring (bicyclic) bond motifs is 1. The summed E-state index contributed by atoms with van der Waals surface area (Å²) in [7, 11) is 0. The molecule has 0 aliphatic heterocycles. The predicted octanol–water partition coefficient (Wildman–Crippen LogP) is 4.71. The summed E-state index contributed by atoms with van der Waals surface area (Å²) in [6.07, 6.45) is 2.86. The van der Waals surface area contributed by atoms with Gasteiger partial charge in [0.05, 0.1) is 6.54 Å². The van der Waals surface area contributed by atoms with Crippen LogP contribution in [0, 0.1) is 11.3 Å². The van der Waals surface area contributed by atoms with Gasteiger partial charge in [0.2, 0.25) is 6.08 Å². The Labute approximate surface area is 154 Å². The van der Waals surface area contributed by atoms with Crippen LogP contribution in [-0.2, 0) is 4.79 Å². The molecule has 0 aromatic heterocycles. The lowest BCUT2D eigenvalue weighted by molar-refractivity contribution is 0.196. The molecule has 1 amide bonds. The average molecular weight is 354 g/mol. The molecule has 2 aromatic rings. The number of benzene rings is 2. The van der Waals surface area contributed by atoms with Gasteiger partial charge in [0.15, 0.2) is 0 Å². The highest BCUT2D eigenvalue weighted by Crippen LogP contribution is 2.29. The number of aliphatic imine (C=N–C) groups is 1. The molecule has 0 saturated heterocycles. The lowest BCUT2D eigenvalue weighted by atomic mass is 9.80. The maximum Gasteiger partial charge on any atom is 0.412 e. The number of hydrogen-bond acceptors (Lipinski definition) is 4. The quantitative estimate of drug-likeness (QED) is 0.551. The van der Waals surface area contributed by atoms with Crippen LogP contribution in [0.1, 0.15) is 33.6 Å². The molecule has 0 saturated carbocycles. The van der Waals surface area contributed by atoms with Crippen molar-refractivity contribution in [3.63, 3.8) is 0 Å². The smallest absolute Gasteiger partial charge is 0.410 e. The molecule has 1 atom stereocenters. The first-order valence-electron chi connectivity index (χ1n) is 8.88. The molecule has 0 fully saturated rings. The Kier molecular flexibility index (Phi) is 6.93. The molecule has 5 heteroatoms. The van der Waals surface area contributed by atoms with Crippen molar-refractivity contribution in [2.24, 2.45) is 16.3 Å². The Morgan fingerprint density at radius 2 is 1.96 bits per heavy atom. The Hall–Kier alpha value is -2.65. The van der Waals surface area contributed by atoms with E-state index in [2.05, 4.69) is 31.1 Å². The van der Waals surface area contributed by atoms with Crippen molar-refractivity contribution in [2.45, 2.75) is 33.6 Å². The molecule has 1 unspecified atom stereocenters. The normalized spacial score (nSPS) is 12.3. The third-order valence-corrected chi connectivity index (χ3v) is 4.37. The Morgan fingerprint density at radius 3 is 2.69 bits per heavy atom. The highest BCUT2D eigenvalue weighted by Gasteiger charge is 2.21. The summed E-state index contributed by atoms with van der Waals surface area (Å²) in [5.74, 6) is 0.830. The largest absolute Gasteiger partial charge is 0.412 e. The van der Waals surface area contributed by atoms with Crippen molar-refractivity contribution in [1.82, 2.24) is 5.32 Å². The van der Waals surface area contributed by atoms with Gasteiger partial charge in [-0.2, -0.15) is 0 Å². The summed E-state index contributed by atoms with van der Waals surface area (Å²) in [4.78, 5) is 25.8. The summed E-state index contributed by atoms with van der Waals surface area (Å²) in [5, 5.41) is 4.94. The van der Waals surface area contributed by atoms with Crippen LogP contribution in [0.25, 0.3) is 10.8 Å². The van der Waals surface area contributed by atoms with Crippen LogP contribution in [-0.4, -0.2) is 25.3 Å². The lowest BCUT2D eigenvalue weighted by Crippen LogP contribution is -2.31. The van der Waals surface area contributed by atoms with Gasteiger partial charge in [0, 0.05) is 6.54 Å². The summed E-state index contributed by atoms with van der Waals surface area (Å²) in [5.41, 5.74) is 0.0358. The van der Waals surface area contributed by atoms with Gasteiger partial charge in [-0.3, -0.25) is 0 Å². The van der Waals surface area contributed by atoms with Gasteiger partial charge in [-0.1, -0.05) is 51.1 Å². The number of rotatable bonds is 8. The van der Waals surface area contributed by atoms with Crippen LogP contribution in [0.3, 0.4) is 0 Å². The predicted molar refractivity (Wildman–Crippen MR) is 103 cm³/mol. The van der Waals surface area contributed by atoms with Crippen LogP contribution in [0.15, 0.2) is 47.5 Å². The fraction of sp³-hybridized carbons (Fsp3) is 0.429. The number of carbonyl (C=O) groups is 1. The van der Waals surface area contributed by atoms with Crippen molar-refractivity contribution >= 4 is 22.9 Å². The molecule has 1 N–H and O–H groups in total. The zero-order chi connectivity index (χ0) is 19.0. The van der Waals surface area contributed by atoms with Gasteiger partial charge in [0.25, 0.3) is 0 Å². The third kappa shape index (κ3) is 6.34. The minimum Gasteiger partial charge on any atom is -0.410 e. The molecule has 0 radical (unpaired) electrons. The van der Waals surface area contributed by atoms with E-state index in [9.17, 15) is 9.59 Å². The minimum absolute atomic E-state index is 0.0358. The molecule has 0 aliphatic rings. The van der Waals surface area contributed by atoms with E-state index in [-0.39, 0.29) is 5.41 Å². The molecule has 2 aromatic carbocycles. The molecule has 5 nitrogen and oxygen atoms in total. The lowest BCUT2D eigenvalue weighted by Gasteiger charge is -2.27. The first kappa shape index (κ1) is 19.7. The second-order valence-corrected chi connectivity index (χ2v) is 7.48. The van der Waals surface area contributed by atoms with Crippen molar-refractivity contribution in [2.75, 3.05) is 13.1 Å². The number of nitrogens with zero attached hydrogens (tertiary/aromatic N) is 1. The number of carbonyl (C=O) groups excluding carboxylic acids is 2. The van der Waals surface area contributed by atoms with Crippen LogP contribution < -0.4 is 10.1 Å². The topological polar surface area (TPSA) is 67.8 Å². The zero-order valence-corrected chi connectivity index (χ0v) is 15.6. The minimum atomic E-state index is -0.449. The average Bonchev–Trinajstić information content (AvgIpc) is 2.59. The number of ether oxygens (including phenoxy) is 1. The van der Waals surface area contributed by atoms with Crippen molar-refractivity contribution in [3.8, 4) is 5.75 Å². The van der Waals surface area contributed by atoms with Crippen molar-refractivity contribution < 1.29 is 14.3 Å². The second kappa shape index (κ2) is 9.16. The molecular formula is C21H26N2O3. The standard InChI is InChI=1S/C21H26N2O3/c1-16(14-22-15-24)13-21(2,3)10-11-23-20(25)26-19-9-8-17-6-4-5-7-18(17)12-19/h4-9,12,16H,10-11,13-14H2,1-3H3,(H,23,25). The summed E-state index contributed by atoms with van der Waals surface area (Å²) in [6, 6.07) is 13.5. The highest BCUT2D eigenvalue weighted by atomic mass is 16.6. The van der Waals surface area contributed by atoms with Crippen LogP contribution >= 0.6 is 0 Å².